The molecule has 0 aliphatic heterocycles. The Morgan fingerprint density at radius 3 is 2.21 bits per heavy atom. The summed E-state index contributed by atoms with van der Waals surface area (Å²) < 4.78 is 10.1. The van der Waals surface area contributed by atoms with Crippen LogP contribution in [0.25, 0.3) is 22.5 Å². The molecule has 2 aromatic carbocycles. The fourth-order valence-electron chi connectivity index (χ4n) is 2.37. The minimum atomic E-state index is -0.451. The summed E-state index contributed by atoms with van der Waals surface area (Å²) in [5.74, 6) is 0.278. The number of hydrogen-bond acceptors (Lipinski definition) is 5. The number of nitrogens with zero attached hydrogens (tertiary/aromatic N) is 2. The number of carbonyl (C=O) groups excluding carboxylic acids is 1. The molecule has 24 heavy (non-hydrogen) atoms. The molecule has 0 aliphatic rings. The third-order valence-electron chi connectivity index (χ3n) is 3.63. The van der Waals surface area contributed by atoms with Gasteiger partial charge in [-0.05, 0) is 30.3 Å². The number of esters is 1. The second-order valence-corrected chi connectivity index (χ2v) is 5.08. The maximum atomic E-state index is 12.2. The first-order chi connectivity index (χ1) is 11.7. The first-order valence-electron chi connectivity index (χ1n) is 7.39. The molecule has 5 nitrogen and oxygen atoms in total. The van der Waals surface area contributed by atoms with E-state index in [1.165, 1.54) is 7.11 Å². The molecular weight excluding hydrogens is 304 g/mol. The van der Waals surface area contributed by atoms with Crippen molar-refractivity contribution in [2.24, 2.45) is 0 Å². The lowest BCUT2D eigenvalue weighted by molar-refractivity contribution is 0.0601. The molecule has 0 bridgehead atoms. The fraction of sp³-hybridized carbons (Fsp3) is 0.105. The molecule has 0 saturated heterocycles. The molecule has 0 amide bonds. The van der Waals surface area contributed by atoms with Gasteiger partial charge >= 0.3 is 5.97 Å². The minimum absolute atomic E-state index is 0.372. The van der Waals surface area contributed by atoms with Crippen molar-refractivity contribution in [1.82, 2.24) is 10.2 Å². The molecule has 0 atom stereocenters. The Kier molecular flexibility index (Phi) is 4.52. The van der Waals surface area contributed by atoms with E-state index >= 15 is 0 Å². The van der Waals surface area contributed by atoms with Crippen molar-refractivity contribution in [2.45, 2.75) is 0 Å². The normalized spacial score (nSPS) is 10.2. The summed E-state index contributed by atoms with van der Waals surface area (Å²) in [7, 11) is 2.95. The average Bonchev–Trinajstić information content (AvgIpc) is 2.67. The summed E-state index contributed by atoms with van der Waals surface area (Å²) in [6, 6.07) is 18.5. The van der Waals surface area contributed by atoms with Crippen LogP contribution >= 0.6 is 0 Å². The van der Waals surface area contributed by atoms with Crippen molar-refractivity contribution in [1.29, 1.82) is 0 Å². The third-order valence-corrected chi connectivity index (χ3v) is 3.63. The Bertz CT molecular complexity index is 846. The van der Waals surface area contributed by atoms with E-state index in [2.05, 4.69) is 10.2 Å². The average molecular weight is 320 g/mol. The quantitative estimate of drug-likeness (QED) is 0.687. The maximum Gasteiger partial charge on any atom is 0.340 e. The van der Waals surface area contributed by atoms with E-state index in [9.17, 15) is 4.79 Å². The highest BCUT2D eigenvalue weighted by Crippen LogP contribution is 2.27. The van der Waals surface area contributed by atoms with Crippen molar-refractivity contribution in [3.8, 4) is 28.3 Å². The molecule has 3 rings (SSSR count). The van der Waals surface area contributed by atoms with Crippen molar-refractivity contribution in [3.63, 3.8) is 0 Å². The van der Waals surface area contributed by atoms with E-state index in [-0.39, 0.29) is 0 Å². The summed E-state index contributed by atoms with van der Waals surface area (Å²) >= 11 is 0. The van der Waals surface area contributed by atoms with Crippen molar-refractivity contribution >= 4 is 5.97 Å². The smallest absolute Gasteiger partial charge is 0.340 e. The van der Waals surface area contributed by atoms with Gasteiger partial charge in [0.25, 0.3) is 0 Å². The number of aromatic nitrogens is 2. The molecule has 1 heterocycles. The molecule has 3 aromatic rings. The van der Waals surface area contributed by atoms with Gasteiger partial charge in [0, 0.05) is 11.1 Å². The predicted molar refractivity (Wildman–Crippen MR) is 90.8 cm³/mol. The predicted octanol–water partition coefficient (Wildman–Crippen LogP) is 3.61. The van der Waals surface area contributed by atoms with Gasteiger partial charge in [-0.2, -0.15) is 0 Å². The molecule has 120 valence electrons. The number of hydrogen-bond donors (Lipinski definition) is 0. The van der Waals surface area contributed by atoms with E-state index in [0.717, 1.165) is 16.9 Å². The Hall–Kier alpha value is -3.21. The van der Waals surface area contributed by atoms with Gasteiger partial charge in [0.15, 0.2) is 0 Å². The zero-order valence-electron chi connectivity index (χ0n) is 13.4. The van der Waals surface area contributed by atoms with Crippen LogP contribution in [0.3, 0.4) is 0 Å². The SMILES string of the molecule is COC(=O)c1cc(-c2ccccc2)nnc1-c1ccc(OC)cc1. The second-order valence-electron chi connectivity index (χ2n) is 5.08. The van der Waals surface area contributed by atoms with Crippen LogP contribution in [0, 0.1) is 0 Å². The number of benzene rings is 2. The molecule has 0 aliphatic carbocycles. The molecule has 0 radical (unpaired) electrons. The van der Waals surface area contributed by atoms with Crippen LogP contribution in [0.5, 0.6) is 5.75 Å². The van der Waals surface area contributed by atoms with Gasteiger partial charge in [-0.3, -0.25) is 0 Å². The minimum Gasteiger partial charge on any atom is -0.497 e. The van der Waals surface area contributed by atoms with Gasteiger partial charge in [0.1, 0.15) is 11.4 Å². The largest absolute Gasteiger partial charge is 0.497 e. The van der Waals surface area contributed by atoms with Gasteiger partial charge in [0.2, 0.25) is 0 Å². The summed E-state index contributed by atoms with van der Waals surface area (Å²) in [5.41, 5.74) is 3.12. The van der Waals surface area contributed by atoms with Crippen LogP contribution in [-0.2, 0) is 4.74 Å². The number of ether oxygens (including phenoxy) is 2. The Morgan fingerprint density at radius 2 is 1.58 bits per heavy atom. The first kappa shape index (κ1) is 15.7. The topological polar surface area (TPSA) is 61.3 Å². The van der Waals surface area contributed by atoms with E-state index in [1.807, 2.05) is 54.6 Å². The van der Waals surface area contributed by atoms with E-state index in [0.29, 0.717) is 17.0 Å². The summed E-state index contributed by atoms with van der Waals surface area (Å²) in [5, 5.41) is 8.51. The van der Waals surface area contributed by atoms with Gasteiger partial charge in [-0.15, -0.1) is 10.2 Å². The van der Waals surface area contributed by atoms with Crippen molar-refractivity contribution in [2.75, 3.05) is 14.2 Å². The van der Waals surface area contributed by atoms with Crippen LogP contribution in [0.2, 0.25) is 0 Å². The summed E-state index contributed by atoms with van der Waals surface area (Å²) in [6.07, 6.45) is 0. The van der Waals surface area contributed by atoms with Crippen LogP contribution in [0.1, 0.15) is 10.4 Å². The zero-order chi connectivity index (χ0) is 16.9. The van der Waals surface area contributed by atoms with Crippen molar-refractivity contribution < 1.29 is 14.3 Å². The molecule has 1 aromatic heterocycles. The monoisotopic (exact) mass is 320 g/mol. The molecular formula is C19H16N2O3. The molecule has 0 saturated carbocycles. The van der Waals surface area contributed by atoms with Crippen LogP contribution in [-0.4, -0.2) is 30.4 Å². The molecule has 0 spiro atoms. The van der Waals surface area contributed by atoms with E-state index < -0.39 is 5.97 Å². The molecule has 0 fully saturated rings. The summed E-state index contributed by atoms with van der Waals surface area (Å²) in [4.78, 5) is 12.2. The number of methoxy groups -OCH3 is 2. The van der Waals surface area contributed by atoms with Crippen molar-refractivity contribution in [3.05, 3.63) is 66.2 Å². The van der Waals surface area contributed by atoms with E-state index in [1.54, 1.807) is 13.2 Å². The standard InChI is InChI=1S/C19H16N2O3/c1-23-15-10-8-14(9-11-15)18-16(19(22)24-2)12-17(20-21-18)13-6-4-3-5-7-13/h3-12H,1-2H3. The van der Waals surface area contributed by atoms with Crippen LogP contribution in [0.15, 0.2) is 60.7 Å². The Labute approximate surface area is 139 Å². The lowest BCUT2D eigenvalue weighted by atomic mass is 10.0. The highest BCUT2D eigenvalue weighted by Gasteiger charge is 2.17. The van der Waals surface area contributed by atoms with Crippen LogP contribution < -0.4 is 4.74 Å². The van der Waals surface area contributed by atoms with Gasteiger partial charge in [0.05, 0.1) is 25.5 Å². The molecule has 5 heteroatoms. The molecule has 0 N–H and O–H groups in total. The van der Waals surface area contributed by atoms with Gasteiger partial charge in [-0.25, -0.2) is 4.79 Å². The first-order valence-corrected chi connectivity index (χ1v) is 7.39. The lowest BCUT2D eigenvalue weighted by Gasteiger charge is -2.09. The fourth-order valence-corrected chi connectivity index (χ4v) is 2.37. The highest BCUT2D eigenvalue weighted by molar-refractivity contribution is 5.97. The van der Waals surface area contributed by atoms with Crippen LogP contribution in [0.4, 0.5) is 0 Å². The summed E-state index contributed by atoms with van der Waals surface area (Å²) in [6.45, 7) is 0. The van der Waals surface area contributed by atoms with E-state index in [4.69, 9.17) is 9.47 Å². The second kappa shape index (κ2) is 6.91. The van der Waals surface area contributed by atoms with Gasteiger partial charge in [-0.1, -0.05) is 30.3 Å². The zero-order valence-corrected chi connectivity index (χ0v) is 13.4. The van der Waals surface area contributed by atoms with Gasteiger partial charge < -0.3 is 9.47 Å². The third kappa shape index (κ3) is 3.10. The Morgan fingerprint density at radius 1 is 0.875 bits per heavy atom. The molecule has 0 unspecified atom stereocenters. The lowest BCUT2D eigenvalue weighted by Crippen LogP contribution is -2.07. The highest BCUT2D eigenvalue weighted by atomic mass is 16.5. The maximum absolute atomic E-state index is 12.2. The number of rotatable bonds is 4. The number of carbonyl (C=O) groups is 1. The Balaban J connectivity index is 2.10.